The van der Waals surface area contributed by atoms with Crippen LogP contribution in [0.2, 0.25) is 0 Å². The molecule has 0 aromatic heterocycles. The predicted octanol–water partition coefficient (Wildman–Crippen LogP) is 3.53. The summed E-state index contributed by atoms with van der Waals surface area (Å²) in [6.07, 6.45) is 1.70. The summed E-state index contributed by atoms with van der Waals surface area (Å²) < 4.78 is 33.5. The van der Waals surface area contributed by atoms with Crippen molar-refractivity contribution >= 4 is 44.0 Å². The molecule has 0 saturated carbocycles. The molecule has 8 nitrogen and oxygen atoms in total. The largest absolute Gasteiger partial charge is 0.426 e. The maximum atomic E-state index is 12.7. The van der Waals surface area contributed by atoms with Crippen molar-refractivity contribution in [3.8, 4) is 5.75 Å². The van der Waals surface area contributed by atoms with Crippen LogP contribution >= 0.6 is 15.9 Å². The number of hydrazone groups is 1. The lowest BCUT2D eigenvalue weighted by Gasteiger charge is -2.19. The van der Waals surface area contributed by atoms with Crippen LogP contribution in [0.4, 0.5) is 0 Å². The minimum atomic E-state index is -3.87. The number of carbonyl (C=O) groups is 2. The van der Waals surface area contributed by atoms with Crippen LogP contribution in [0.5, 0.6) is 5.75 Å². The number of aryl methyl sites for hydroxylation is 1. The lowest BCUT2D eigenvalue weighted by atomic mass is 10.0. The van der Waals surface area contributed by atoms with Crippen molar-refractivity contribution in [3.63, 3.8) is 0 Å². The van der Waals surface area contributed by atoms with Gasteiger partial charge in [0, 0.05) is 6.92 Å². The summed E-state index contributed by atoms with van der Waals surface area (Å²) in [7, 11) is -3.87. The van der Waals surface area contributed by atoms with Crippen LogP contribution in [-0.4, -0.2) is 32.6 Å². The molecule has 2 aromatic rings. The van der Waals surface area contributed by atoms with Gasteiger partial charge in [-0.1, -0.05) is 31.5 Å². The highest BCUT2D eigenvalue weighted by atomic mass is 79.9. The Bertz CT molecular complexity index is 1100. The summed E-state index contributed by atoms with van der Waals surface area (Å²) in [6.45, 7) is 6.95. The van der Waals surface area contributed by atoms with Crippen LogP contribution in [0, 0.1) is 12.8 Å². The zero-order valence-electron chi connectivity index (χ0n) is 18.3. The highest BCUT2D eigenvalue weighted by molar-refractivity contribution is 9.10. The third kappa shape index (κ3) is 7.85. The molecule has 1 amide bonds. The normalized spacial score (nSPS) is 12.7. The molecule has 0 aliphatic carbocycles. The molecule has 1 atom stereocenters. The number of benzene rings is 2. The molecular formula is C22H26BrN3O5S. The Hall–Kier alpha value is -2.56. The van der Waals surface area contributed by atoms with Gasteiger partial charge in [0.25, 0.3) is 5.91 Å². The topological polar surface area (TPSA) is 114 Å². The molecule has 32 heavy (non-hydrogen) atoms. The lowest BCUT2D eigenvalue weighted by molar-refractivity contribution is -0.132. The summed E-state index contributed by atoms with van der Waals surface area (Å²) in [5.74, 6) is -0.577. The molecule has 0 radical (unpaired) electrons. The van der Waals surface area contributed by atoms with Crippen molar-refractivity contribution in [2.75, 3.05) is 0 Å². The summed E-state index contributed by atoms with van der Waals surface area (Å²) >= 11 is 3.30. The van der Waals surface area contributed by atoms with E-state index in [0.717, 1.165) is 5.56 Å². The Morgan fingerprint density at radius 3 is 2.38 bits per heavy atom. The third-order valence-electron chi connectivity index (χ3n) is 4.25. The zero-order valence-corrected chi connectivity index (χ0v) is 20.7. The molecule has 0 heterocycles. The van der Waals surface area contributed by atoms with Gasteiger partial charge in [0.15, 0.2) is 0 Å². The third-order valence-corrected chi connectivity index (χ3v) is 6.36. The first kappa shape index (κ1) is 25.7. The number of hydrogen-bond acceptors (Lipinski definition) is 6. The number of amides is 1. The summed E-state index contributed by atoms with van der Waals surface area (Å²) in [6, 6.07) is 10.3. The molecular weight excluding hydrogens is 498 g/mol. The molecule has 0 aliphatic rings. The molecule has 0 unspecified atom stereocenters. The van der Waals surface area contributed by atoms with E-state index in [1.807, 2.05) is 20.8 Å². The molecule has 0 fully saturated rings. The van der Waals surface area contributed by atoms with Crippen molar-refractivity contribution in [3.05, 3.63) is 58.1 Å². The van der Waals surface area contributed by atoms with Crippen molar-refractivity contribution in [1.29, 1.82) is 0 Å². The highest BCUT2D eigenvalue weighted by Gasteiger charge is 2.26. The van der Waals surface area contributed by atoms with E-state index in [9.17, 15) is 18.0 Å². The fourth-order valence-corrected chi connectivity index (χ4v) is 4.42. The van der Waals surface area contributed by atoms with E-state index in [1.165, 1.54) is 25.3 Å². The summed E-state index contributed by atoms with van der Waals surface area (Å²) in [4.78, 5) is 23.8. The molecule has 0 aliphatic heterocycles. The second kappa shape index (κ2) is 11.3. The van der Waals surface area contributed by atoms with Crippen LogP contribution in [0.1, 0.15) is 38.3 Å². The number of nitrogens with zero attached hydrogens (tertiary/aromatic N) is 1. The highest BCUT2D eigenvalue weighted by Crippen LogP contribution is 2.25. The second-order valence-electron chi connectivity index (χ2n) is 7.63. The van der Waals surface area contributed by atoms with Crippen molar-refractivity contribution < 1.29 is 22.7 Å². The smallest absolute Gasteiger partial charge is 0.308 e. The van der Waals surface area contributed by atoms with Crippen molar-refractivity contribution in [1.82, 2.24) is 10.1 Å². The summed E-state index contributed by atoms with van der Waals surface area (Å²) in [5, 5.41) is 3.93. The van der Waals surface area contributed by atoms with Gasteiger partial charge in [-0.2, -0.15) is 9.82 Å². The molecule has 2 N–H and O–H groups in total. The molecule has 172 valence electrons. The fraction of sp³-hybridized carbons (Fsp3) is 0.318. The number of rotatable bonds is 9. The first-order chi connectivity index (χ1) is 15.0. The number of nitrogens with one attached hydrogen (secondary N) is 2. The fourth-order valence-electron chi connectivity index (χ4n) is 2.74. The quantitative estimate of drug-likeness (QED) is 0.226. The monoisotopic (exact) mass is 523 g/mol. The van der Waals surface area contributed by atoms with Crippen LogP contribution in [0.15, 0.2) is 56.9 Å². The number of carbonyl (C=O) groups excluding carboxylic acids is 2. The minimum Gasteiger partial charge on any atom is -0.426 e. The van der Waals surface area contributed by atoms with Crippen molar-refractivity contribution in [2.24, 2.45) is 11.0 Å². The molecule has 0 saturated heterocycles. The Balaban J connectivity index is 2.10. The van der Waals surface area contributed by atoms with E-state index in [0.29, 0.717) is 22.2 Å². The first-order valence-electron chi connectivity index (χ1n) is 9.88. The van der Waals surface area contributed by atoms with Crippen molar-refractivity contribution in [2.45, 2.75) is 45.1 Å². The average Bonchev–Trinajstić information content (AvgIpc) is 2.69. The van der Waals surface area contributed by atoms with Gasteiger partial charge in [0.1, 0.15) is 11.8 Å². The van der Waals surface area contributed by atoms with Crippen LogP contribution in [-0.2, 0) is 19.6 Å². The molecule has 10 heteroatoms. The van der Waals surface area contributed by atoms with E-state index in [1.54, 1.807) is 30.3 Å². The van der Waals surface area contributed by atoms with Gasteiger partial charge in [-0.3, -0.25) is 9.59 Å². The van der Waals surface area contributed by atoms with Crippen LogP contribution in [0.25, 0.3) is 0 Å². The number of halogens is 1. The van der Waals surface area contributed by atoms with Gasteiger partial charge < -0.3 is 4.74 Å². The standard InChI is InChI=1S/C22H26BrN3O5S/c1-14(2)11-20(26-32(29,30)18-8-5-15(3)6-9-18)22(28)25-24-13-17-7-10-21(19(23)12-17)31-16(4)27/h5-10,12-14,20,26H,11H2,1-4H3,(H,25,28)/b24-13-/t20-/m0/s1. The maximum Gasteiger partial charge on any atom is 0.308 e. The predicted molar refractivity (Wildman–Crippen MR) is 126 cm³/mol. The number of sulfonamides is 1. The van der Waals surface area contributed by atoms with E-state index < -0.39 is 27.9 Å². The lowest BCUT2D eigenvalue weighted by Crippen LogP contribution is -2.46. The Morgan fingerprint density at radius 1 is 1.16 bits per heavy atom. The average molecular weight is 524 g/mol. The Morgan fingerprint density at radius 2 is 1.81 bits per heavy atom. The van der Waals surface area contributed by atoms with Crippen LogP contribution in [0.3, 0.4) is 0 Å². The van der Waals surface area contributed by atoms with Crippen LogP contribution < -0.4 is 14.9 Å². The van der Waals surface area contributed by atoms with E-state index in [-0.39, 0.29) is 10.8 Å². The van der Waals surface area contributed by atoms with Gasteiger partial charge in [-0.15, -0.1) is 0 Å². The summed E-state index contributed by atoms with van der Waals surface area (Å²) in [5.41, 5.74) is 3.95. The minimum absolute atomic E-state index is 0.0697. The molecule has 0 spiro atoms. The molecule has 2 rings (SSSR count). The molecule has 2 aromatic carbocycles. The van der Waals surface area contributed by atoms with Gasteiger partial charge in [0.2, 0.25) is 10.0 Å². The van der Waals surface area contributed by atoms with E-state index in [4.69, 9.17) is 4.74 Å². The Labute approximate surface area is 196 Å². The zero-order chi connectivity index (χ0) is 23.9. The molecule has 0 bridgehead atoms. The number of ether oxygens (including phenoxy) is 1. The maximum absolute atomic E-state index is 12.7. The number of esters is 1. The second-order valence-corrected chi connectivity index (χ2v) is 10.2. The van der Waals surface area contributed by atoms with Gasteiger partial charge in [-0.25, -0.2) is 13.8 Å². The van der Waals surface area contributed by atoms with E-state index >= 15 is 0 Å². The van der Waals surface area contributed by atoms with Gasteiger partial charge in [0.05, 0.1) is 15.6 Å². The van der Waals surface area contributed by atoms with E-state index in [2.05, 4.69) is 31.2 Å². The van der Waals surface area contributed by atoms with Gasteiger partial charge in [-0.05, 0) is 71.1 Å². The Kier molecular flexibility index (Phi) is 9.11. The SMILES string of the molecule is CC(=O)Oc1ccc(/C=N\NC(=O)[C@H](CC(C)C)NS(=O)(=O)c2ccc(C)cc2)cc1Br. The number of hydrogen-bond donors (Lipinski definition) is 2. The first-order valence-corrected chi connectivity index (χ1v) is 12.2. The van der Waals surface area contributed by atoms with Gasteiger partial charge >= 0.3 is 5.97 Å².